The van der Waals surface area contributed by atoms with E-state index in [0.717, 1.165) is 11.3 Å². The van der Waals surface area contributed by atoms with Crippen LogP contribution in [0, 0.1) is 6.92 Å². The van der Waals surface area contributed by atoms with Crippen molar-refractivity contribution in [1.82, 2.24) is 9.97 Å². The SMILES string of the molecule is Cc1nc(OCCOC(C)C)ncc1CCl. The van der Waals surface area contributed by atoms with E-state index in [1.165, 1.54) is 0 Å². The van der Waals surface area contributed by atoms with Crippen LogP contribution in [-0.4, -0.2) is 29.3 Å². The lowest BCUT2D eigenvalue weighted by atomic mass is 10.3. The Morgan fingerprint density at radius 3 is 2.69 bits per heavy atom. The quantitative estimate of drug-likeness (QED) is 0.569. The summed E-state index contributed by atoms with van der Waals surface area (Å²) in [5, 5.41) is 0. The highest BCUT2D eigenvalue weighted by Gasteiger charge is 2.03. The van der Waals surface area contributed by atoms with Crippen LogP contribution in [0.2, 0.25) is 0 Å². The minimum Gasteiger partial charge on any atom is -0.461 e. The standard InChI is InChI=1S/C11H17ClN2O2/c1-8(2)15-4-5-16-11-13-7-10(6-12)9(3)14-11/h7-8H,4-6H2,1-3H3. The molecule has 1 rings (SSSR count). The maximum absolute atomic E-state index is 5.71. The van der Waals surface area contributed by atoms with Gasteiger partial charge in [-0.2, -0.15) is 0 Å². The number of hydrogen-bond acceptors (Lipinski definition) is 4. The molecule has 0 amide bonds. The topological polar surface area (TPSA) is 44.2 Å². The molecule has 0 aliphatic carbocycles. The van der Waals surface area contributed by atoms with E-state index in [4.69, 9.17) is 21.1 Å². The van der Waals surface area contributed by atoms with Crippen LogP contribution in [0.25, 0.3) is 0 Å². The Balaban J connectivity index is 2.40. The van der Waals surface area contributed by atoms with Gasteiger partial charge in [-0.05, 0) is 20.8 Å². The summed E-state index contributed by atoms with van der Waals surface area (Å²) >= 11 is 5.71. The van der Waals surface area contributed by atoms with E-state index in [-0.39, 0.29) is 6.10 Å². The van der Waals surface area contributed by atoms with Gasteiger partial charge in [-0.3, -0.25) is 0 Å². The number of rotatable bonds is 6. The molecule has 0 bridgehead atoms. The first-order valence-electron chi connectivity index (χ1n) is 5.26. The molecule has 5 heteroatoms. The van der Waals surface area contributed by atoms with Crippen LogP contribution < -0.4 is 4.74 Å². The highest BCUT2D eigenvalue weighted by molar-refractivity contribution is 6.17. The fourth-order valence-corrected chi connectivity index (χ4v) is 1.35. The molecule has 0 aliphatic heterocycles. The van der Waals surface area contributed by atoms with Gasteiger partial charge >= 0.3 is 6.01 Å². The first-order chi connectivity index (χ1) is 7.63. The molecular formula is C11H17ClN2O2. The van der Waals surface area contributed by atoms with E-state index < -0.39 is 0 Å². The molecule has 0 aliphatic rings. The summed E-state index contributed by atoms with van der Waals surface area (Å²) in [6.07, 6.45) is 1.90. The Morgan fingerprint density at radius 2 is 2.12 bits per heavy atom. The van der Waals surface area contributed by atoms with E-state index in [2.05, 4.69) is 9.97 Å². The average Bonchev–Trinajstić information content (AvgIpc) is 2.24. The van der Waals surface area contributed by atoms with Gasteiger partial charge in [0.2, 0.25) is 0 Å². The van der Waals surface area contributed by atoms with Crippen LogP contribution in [0.1, 0.15) is 25.1 Å². The fraction of sp³-hybridized carbons (Fsp3) is 0.636. The van der Waals surface area contributed by atoms with Crippen molar-refractivity contribution in [1.29, 1.82) is 0 Å². The monoisotopic (exact) mass is 244 g/mol. The molecule has 1 heterocycles. The zero-order chi connectivity index (χ0) is 12.0. The smallest absolute Gasteiger partial charge is 0.316 e. The number of halogens is 1. The zero-order valence-electron chi connectivity index (χ0n) is 9.86. The third-order valence-corrected chi connectivity index (χ3v) is 2.26. The van der Waals surface area contributed by atoms with Crippen molar-refractivity contribution in [3.05, 3.63) is 17.5 Å². The normalized spacial score (nSPS) is 10.8. The Bertz CT molecular complexity index is 332. The maximum Gasteiger partial charge on any atom is 0.316 e. The van der Waals surface area contributed by atoms with Gasteiger partial charge in [-0.1, -0.05) is 0 Å². The Kier molecular flexibility index (Phi) is 5.49. The number of nitrogens with zero attached hydrogens (tertiary/aromatic N) is 2. The van der Waals surface area contributed by atoms with Gasteiger partial charge in [0.15, 0.2) is 0 Å². The summed E-state index contributed by atoms with van der Waals surface area (Å²) in [5.74, 6) is 0.419. The number of hydrogen-bond donors (Lipinski definition) is 0. The van der Waals surface area contributed by atoms with Gasteiger partial charge in [0, 0.05) is 17.5 Å². The molecule has 4 nitrogen and oxygen atoms in total. The largest absolute Gasteiger partial charge is 0.461 e. The lowest BCUT2D eigenvalue weighted by Gasteiger charge is -2.08. The summed E-state index contributed by atoms with van der Waals surface area (Å²) in [6.45, 7) is 6.85. The van der Waals surface area contributed by atoms with E-state index in [9.17, 15) is 0 Å². The molecule has 1 aromatic heterocycles. The van der Waals surface area contributed by atoms with Crippen molar-refractivity contribution in [2.45, 2.75) is 32.8 Å². The predicted octanol–water partition coefficient (Wildman–Crippen LogP) is 2.33. The molecule has 0 unspecified atom stereocenters. The summed E-state index contributed by atoms with van der Waals surface area (Å²) in [4.78, 5) is 8.24. The second kappa shape index (κ2) is 6.66. The van der Waals surface area contributed by atoms with Crippen LogP contribution in [0.3, 0.4) is 0 Å². The van der Waals surface area contributed by atoms with Gasteiger partial charge < -0.3 is 9.47 Å². The Labute approximate surface area is 101 Å². The zero-order valence-corrected chi connectivity index (χ0v) is 10.6. The van der Waals surface area contributed by atoms with E-state index in [1.807, 2.05) is 20.8 Å². The van der Waals surface area contributed by atoms with Crippen molar-refractivity contribution in [3.63, 3.8) is 0 Å². The molecule has 0 radical (unpaired) electrons. The van der Waals surface area contributed by atoms with Crippen LogP contribution in [0.5, 0.6) is 6.01 Å². The second-order valence-corrected chi connectivity index (χ2v) is 3.93. The molecule has 90 valence electrons. The summed E-state index contributed by atoms with van der Waals surface area (Å²) in [5.41, 5.74) is 1.78. The summed E-state index contributed by atoms with van der Waals surface area (Å²) < 4.78 is 10.7. The van der Waals surface area contributed by atoms with Gasteiger partial charge in [0.1, 0.15) is 6.61 Å². The van der Waals surface area contributed by atoms with Crippen LogP contribution in [0.4, 0.5) is 0 Å². The van der Waals surface area contributed by atoms with Crippen LogP contribution in [-0.2, 0) is 10.6 Å². The first-order valence-corrected chi connectivity index (χ1v) is 5.79. The molecule has 0 spiro atoms. The third-order valence-electron chi connectivity index (χ3n) is 1.97. The molecule has 0 saturated heterocycles. The number of aryl methyl sites for hydroxylation is 1. The minimum absolute atomic E-state index is 0.213. The van der Waals surface area contributed by atoms with Crippen molar-refractivity contribution in [2.24, 2.45) is 0 Å². The maximum atomic E-state index is 5.71. The Morgan fingerprint density at radius 1 is 1.38 bits per heavy atom. The van der Waals surface area contributed by atoms with Crippen molar-refractivity contribution < 1.29 is 9.47 Å². The second-order valence-electron chi connectivity index (χ2n) is 3.66. The van der Waals surface area contributed by atoms with Crippen LogP contribution in [0.15, 0.2) is 6.20 Å². The summed E-state index contributed by atoms with van der Waals surface area (Å²) in [7, 11) is 0. The third kappa shape index (κ3) is 4.33. The highest BCUT2D eigenvalue weighted by atomic mass is 35.5. The minimum atomic E-state index is 0.213. The number of ether oxygens (including phenoxy) is 2. The van der Waals surface area contributed by atoms with E-state index in [0.29, 0.717) is 25.1 Å². The first kappa shape index (κ1) is 13.2. The van der Waals surface area contributed by atoms with Gasteiger partial charge in [-0.15, -0.1) is 11.6 Å². The van der Waals surface area contributed by atoms with Gasteiger partial charge in [-0.25, -0.2) is 9.97 Å². The lowest BCUT2D eigenvalue weighted by Crippen LogP contribution is -2.12. The van der Waals surface area contributed by atoms with Crippen molar-refractivity contribution in [2.75, 3.05) is 13.2 Å². The molecule has 0 atom stereocenters. The molecule has 0 saturated carbocycles. The molecule has 16 heavy (non-hydrogen) atoms. The van der Waals surface area contributed by atoms with E-state index in [1.54, 1.807) is 6.20 Å². The molecule has 0 fully saturated rings. The molecule has 0 N–H and O–H groups in total. The summed E-state index contributed by atoms with van der Waals surface area (Å²) in [6, 6.07) is 0.374. The molecular weight excluding hydrogens is 228 g/mol. The van der Waals surface area contributed by atoms with Crippen LogP contribution >= 0.6 is 11.6 Å². The average molecular weight is 245 g/mol. The predicted molar refractivity (Wildman–Crippen MR) is 62.9 cm³/mol. The van der Waals surface area contributed by atoms with Crippen molar-refractivity contribution in [3.8, 4) is 6.01 Å². The van der Waals surface area contributed by atoms with E-state index >= 15 is 0 Å². The highest BCUT2D eigenvalue weighted by Crippen LogP contribution is 2.10. The lowest BCUT2D eigenvalue weighted by molar-refractivity contribution is 0.0530. The molecule has 1 aromatic rings. The Hall–Kier alpha value is -0.870. The van der Waals surface area contributed by atoms with Gasteiger partial charge in [0.05, 0.1) is 18.6 Å². The number of alkyl halides is 1. The van der Waals surface area contributed by atoms with Gasteiger partial charge in [0.25, 0.3) is 0 Å². The van der Waals surface area contributed by atoms with Crippen molar-refractivity contribution >= 4 is 11.6 Å². The fourth-order valence-electron chi connectivity index (χ4n) is 1.09. The molecule has 0 aromatic carbocycles. The number of aromatic nitrogens is 2.